The first-order valence-corrected chi connectivity index (χ1v) is 11.6. The van der Waals surface area contributed by atoms with Crippen molar-refractivity contribution in [2.24, 2.45) is 5.73 Å². The Morgan fingerprint density at radius 3 is 1.66 bits per heavy atom. The molecule has 0 saturated heterocycles. The summed E-state index contributed by atoms with van der Waals surface area (Å²) in [6.45, 7) is 3.95. The van der Waals surface area contributed by atoms with Crippen LogP contribution in [0.3, 0.4) is 0 Å². The molecule has 0 aromatic rings. The number of aliphatic hydroxyl groups is 3. The molecular weight excluding hydrogens is 420 g/mol. The van der Waals surface area contributed by atoms with Gasteiger partial charge >= 0.3 is 17.9 Å². The second kappa shape index (κ2) is 24.1. The fourth-order valence-corrected chi connectivity index (χ4v) is 2.85. The third kappa shape index (κ3) is 23.1. The van der Waals surface area contributed by atoms with Crippen molar-refractivity contribution < 1.29 is 39.5 Å². The summed E-state index contributed by atoms with van der Waals surface area (Å²) in [4.78, 5) is 34.9. The Morgan fingerprint density at radius 1 is 0.812 bits per heavy atom. The summed E-state index contributed by atoms with van der Waals surface area (Å²) in [6.07, 6.45) is 9.81. The van der Waals surface area contributed by atoms with E-state index in [1.165, 1.54) is 38.5 Å². The monoisotopic (exact) mass is 464 g/mol. The fourth-order valence-electron chi connectivity index (χ4n) is 2.85. The standard InChI is InChI=1S/C16H29NO5.C6H15NO3/c1-2-3-4-5-6-7-8-9-10-11-15(20)22-16(21)13(17)12-14(18)19;8-4-1-7(2-5-9)3-6-10/h13H,2-12,17H2,1H3,(H,18,19);8-10H,1-6H2. The summed E-state index contributed by atoms with van der Waals surface area (Å²) in [5.41, 5.74) is 5.30. The number of aliphatic hydroxyl groups excluding tert-OH is 3. The predicted octanol–water partition coefficient (Wildman–Crippen LogP) is 1.04. The average Bonchev–Trinajstić information content (AvgIpc) is 2.73. The van der Waals surface area contributed by atoms with Gasteiger partial charge < -0.3 is 30.9 Å². The summed E-state index contributed by atoms with van der Waals surface area (Å²) in [7, 11) is 0. The van der Waals surface area contributed by atoms with Crippen LogP contribution in [0.15, 0.2) is 0 Å². The minimum atomic E-state index is -1.29. The Labute approximate surface area is 191 Å². The van der Waals surface area contributed by atoms with Crippen LogP contribution in [0, 0.1) is 0 Å². The van der Waals surface area contributed by atoms with Crippen LogP contribution in [-0.2, 0) is 19.1 Å². The van der Waals surface area contributed by atoms with E-state index in [1.54, 1.807) is 4.90 Å². The summed E-state index contributed by atoms with van der Waals surface area (Å²) in [6, 6.07) is -1.29. The second-order valence-electron chi connectivity index (χ2n) is 7.59. The summed E-state index contributed by atoms with van der Waals surface area (Å²) in [5, 5.41) is 33.9. The molecule has 0 aliphatic heterocycles. The van der Waals surface area contributed by atoms with Gasteiger partial charge in [0.25, 0.3) is 0 Å². The zero-order valence-electron chi connectivity index (χ0n) is 19.5. The number of unbranched alkanes of at least 4 members (excludes halogenated alkanes) is 8. The number of nitrogens with two attached hydrogens (primary N) is 1. The number of esters is 2. The maximum absolute atomic E-state index is 11.4. The van der Waals surface area contributed by atoms with E-state index in [2.05, 4.69) is 11.7 Å². The van der Waals surface area contributed by atoms with Crippen molar-refractivity contribution in [1.29, 1.82) is 0 Å². The van der Waals surface area contributed by atoms with Crippen LogP contribution in [-0.4, -0.2) is 88.7 Å². The van der Waals surface area contributed by atoms with Gasteiger partial charge in [-0.15, -0.1) is 0 Å². The smallest absolute Gasteiger partial charge is 0.331 e. The van der Waals surface area contributed by atoms with E-state index in [0.29, 0.717) is 26.1 Å². The number of ether oxygens (including phenoxy) is 1. The van der Waals surface area contributed by atoms with Crippen LogP contribution in [0.2, 0.25) is 0 Å². The Bertz CT molecular complexity index is 463. The Kier molecular flexibility index (Phi) is 24.5. The molecule has 0 rings (SSSR count). The van der Waals surface area contributed by atoms with Crippen molar-refractivity contribution in [2.45, 2.75) is 83.6 Å². The highest BCUT2D eigenvalue weighted by Crippen LogP contribution is 2.11. The molecule has 0 amide bonds. The van der Waals surface area contributed by atoms with E-state index < -0.39 is 30.4 Å². The Morgan fingerprint density at radius 2 is 1.25 bits per heavy atom. The van der Waals surface area contributed by atoms with E-state index in [1.807, 2.05) is 0 Å². The number of carbonyl (C=O) groups excluding carboxylic acids is 2. The molecular formula is C22H44N2O8. The molecule has 0 saturated carbocycles. The molecule has 0 aromatic heterocycles. The Hall–Kier alpha value is -1.59. The topological polar surface area (TPSA) is 171 Å². The number of rotatable bonds is 19. The van der Waals surface area contributed by atoms with Crippen LogP contribution in [0.4, 0.5) is 0 Å². The molecule has 0 fully saturated rings. The molecule has 0 radical (unpaired) electrons. The molecule has 0 aliphatic rings. The first-order chi connectivity index (χ1) is 15.3. The number of nitrogens with zero attached hydrogens (tertiary/aromatic N) is 1. The third-order valence-electron chi connectivity index (χ3n) is 4.64. The highest BCUT2D eigenvalue weighted by molar-refractivity contribution is 5.90. The Balaban J connectivity index is 0. The van der Waals surface area contributed by atoms with Crippen molar-refractivity contribution in [2.75, 3.05) is 39.5 Å². The first kappa shape index (κ1) is 32.6. The lowest BCUT2D eigenvalue weighted by molar-refractivity contribution is -0.162. The zero-order valence-corrected chi connectivity index (χ0v) is 19.5. The molecule has 190 valence electrons. The maximum atomic E-state index is 11.4. The predicted molar refractivity (Wildman–Crippen MR) is 121 cm³/mol. The molecule has 0 aromatic carbocycles. The van der Waals surface area contributed by atoms with Crippen LogP contribution in [0.5, 0.6) is 0 Å². The molecule has 6 N–H and O–H groups in total. The molecule has 1 atom stereocenters. The normalized spacial score (nSPS) is 11.6. The minimum absolute atomic E-state index is 0.0694. The first-order valence-electron chi connectivity index (χ1n) is 11.6. The highest BCUT2D eigenvalue weighted by atomic mass is 16.6. The van der Waals surface area contributed by atoms with Gasteiger partial charge in [0, 0.05) is 26.1 Å². The molecule has 10 heteroatoms. The van der Waals surface area contributed by atoms with Gasteiger partial charge in [-0.3, -0.25) is 14.5 Å². The van der Waals surface area contributed by atoms with Crippen LogP contribution >= 0.6 is 0 Å². The molecule has 0 bridgehead atoms. The SMILES string of the molecule is CCCCCCCCCCCC(=O)OC(=O)C(N)CC(=O)O.OCCN(CCO)CCO. The lowest BCUT2D eigenvalue weighted by atomic mass is 10.1. The van der Waals surface area contributed by atoms with Crippen molar-refractivity contribution in [1.82, 2.24) is 4.90 Å². The molecule has 0 heterocycles. The molecule has 1 unspecified atom stereocenters. The van der Waals surface area contributed by atoms with Crippen molar-refractivity contribution in [3.05, 3.63) is 0 Å². The van der Waals surface area contributed by atoms with Gasteiger partial charge in [-0.2, -0.15) is 0 Å². The van der Waals surface area contributed by atoms with Crippen LogP contribution in [0.25, 0.3) is 0 Å². The van der Waals surface area contributed by atoms with Crippen molar-refractivity contribution >= 4 is 17.9 Å². The maximum Gasteiger partial charge on any atom is 0.331 e. The number of hydrogen-bond donors (Lipinski definition) is 5. The summed E-state index contributed by atoms with van der Waals surface area (Å²) >= 11 is 0. The van der Waals surface area contributed by atoms with Crippen molar-refractivity contribution in [3.63, 3.8) is 0 Å². The van der Waals surface area contributed by atoms with Crippen molar-refractivity contribution in [3.8, 4) is 0 Å². The number of carboxylic acid groups (broad SMARTS) is 1. The molecule has 32 heavy (non-hydrogen) atoms. The van der Waals surface area contributed by atoms with Gasteiger partial charge in [0.05, 0.1) is 26.2 Å². The van der Waals surface area contributed by atoms with E-state index in [9.17, 15) is 14.4 Å². The third-order valence-corrected chi connectivity index (χ3v) is 4.64. The number of carboxylic acids is 1. The van der Waals surface area contributed by atoms with Gasteiger partial charge in [0.1, 0.15) is 6.04 Å². The summed E-state index contributed by atoms with van der Waals surface area (Å²) in [5.74, 6) is -2.80. The fraction of sp³-hybridized carbons (Fsp3) is 0.864. The number of hydrogen-bond acceptors (Lipinski definition) is 9. The van der Waals surface area contributed by atoms with Gasteiger partial charge in [-0.05, 0) is 6.42 Å². The molecule has 10 nitrogen and oxygen atoms in total. The number of aliphatic carboxylic acids is 1. The van der Waals surface area contributed by atoms with E-state index in [4.69, 9.17) is 26.2 Å². The van der Waals surface area contributed by atoms with E-state index in [-0.39, 0.29) is 26.2 Å². The highest BCUT2D eigenvalue weighted by Gasteiger charge is 2.21. The van der Waals surface area contributed by atoms with Crippen LogP contribution < -0.4 is 5.73 Å². The summed E-state index contributed by atoms with van der Waals surface area (Å²) < 4.78 is 4.52. The van der Waals surface area contributed by atoms with Gasteiger partial charge in [0.15, 0.2) is 0 Å². The quantitative estimate of drug-likeness (QED) is 0.106. The molecule has 0 aliphatic carbocycles. The minimum Gasteiger partial charge on any atom is -0.481 e. The number of carbonyl (C=O) groups is 3. The lowest BCUT2D eigenvalue weighted by Crippen LogP contribution is -2.35. The van der Waals surface area contributed by atoms with Crippen LogP contribution in [0.1, 0.15) is 77.6 Å². The van der Waals surface area contributed by atoms with Gasteiger partial charge in [-0.25, -0.2) is 4.79 Å². The van der Waals surface area contributed by atoms with E-state index >= 15 is 0 Å². The largest absolute Gasteiger partial charge is 0.481 e. The zero-order chi connectivity index (χ0) is 24.6. The van der Waals surface area contributed by atoms with Gasteiger partial charge in [0.2, 0.25) is 0 Å². The van der Waals surface area contributed by atoms with E-state index in [0.717, 1.165) is 12.8 Å². The lowest BCUT2D eigenvalue weighted by Gasteiger charge is -2.17. The second-order valence-corrected chi connectivity index (χ2v) is 7.59. The van der Waals surface area contributed by atoms with Gasteiger partial charge in [-0.1, -0.05) is 58.3 Å². The molecule has 0 spiro atoms. The average molecular weight is 465 g/mol.